The quantitative estimate of drug-likeness (QED) is 0.749. The van der Waals surface area contributed by atoms with Crippen molar-refractivity contribution in [3.05, 3.63) is 29.6 Å². The van der Waals surface area contributed by atoms with E-state index in [1.807, 2.05) is 6.07 Å². The van der Waals surface area contributed by atoms with Crippen LogP contribution in [0.4, 0.5) is 0 Å². The number of hydrogen-bond donors (Lipinski definition) is 3. The average molecular weight is 264 g/mol. The van der Waals surface area contributed by atoms with Crippen molar-refractivity contribution in [2.24, 2.45) is 5.92 Å². The zero-order valence-electron chi connectivity index (χ0n) is 10.9. The molecule has 5 heteroatoms. The summed E-state index contributed by atoms with van der Waals surface area (Å²) in [4.78, 5) is 14.9. The van der Waals surface area contributed by atoms with E-state index < -0.39 is 5.97 Å². The highest BCUT2D eigenvalue weighted by molar-refractivity contribution is 5.85. The summed E-state index contributed by atoms with van der Waals surface area (Å²) < 4.78 is 0. The third-order valence-corrected chi connectivity index (χ3v) is 3.52. The van der Waals surface area contributed by atoms with Gasteiger partial charge in [-0.15, -0.1) is 0 Å². The van der Waals surface area contributed by atoms with E-state index in [2.05, 4.69) is 10.3 Å². The van der Waals surface area contributed by atoms with Crippen LogP contribution in [0.3, 0.4) is 0 Å². The van der Waals surface area contributed by atoms with E-state index >= 15 is 0 Å². The first kappa shape index (κ1) is 14.0. The fraction of sp³-hybridized carbons (Fsp3) is 0.571. The van der Waals surface area contributed by atoms with Crippen LogP contribution in [-0.4, -0.2) is 33.8 Å². The van der Waals surface area contributed by atoms with Gasteiger partial charge in [-0.3, -0.25) is 0 Å². The zero-order chi connectivity index (χ0) is 13.7. The molecular weight excluding hydrogens is 244 g/mol. The summed E-state index contributed by atoms with van der Waals surface area (Å²) in [5.74, 6) is -0.497. The summed E-state index contributed by atoms with van der Waals surface area (Å²) in [6, 6.07) is 5.01. The second-order valence-electron chi connectivity index (χ2n) is 5.14. The Kier molecular flexibility index (Phi) is 4.87. The number of rotatable bonds is 5. The maximum Gasteiger partial charge on any atom is 0.354 e. The van der Waals surface area contributed by atoms with Crippen LogP contribution in [0.25, 0.3) is 0 Å². The number of nitrogens with one attached hydrogen (secondary N) is 1. The number of carboxylic acids is 1. The van der Waals surface area contributed by atoms with Crippen LogP contribution in [0.1, 0.15) is 41.9 Å². The molecule has 2 rings (SSSR count). The molecule has 0 radical (unpaired) electrons. The van der Waals surface area contributed by atoms with Crippen LogP contribution in [0, 0.1) is 5.92 Å². The van der Waals surface area contributed by atoms with Crippen molar-refractivity contribution in [1.82, 2.24) is 10.3 Å². The molecule has 19 heavy (non-hydrogen) atoms. The maximum atomic E-state index is 10.8. The van der Waals surface area contributed by atoms with Crippen molar-refractivity contribution in [2.75, 3.05) is 6.54 Å². The Bertz CT molecular complexity index is 436. The van der Waals surface area contributed by atoms with Crippen molar-refractivity contribution >= 4 is 5.97 Å². The zero-order valence-corrected chi connectivity index (χ0v) is 10.9. The van der Waals surface area contributed by atoms with Gasteiger partial charge in [0.15, 0.2) is 0 Å². The molecule has 0 aliphatic heterocycles. The molecule has 0 bridgehead atoms. The lowest BCUT2D eigenvalue weighted by Crippen LogP contribution is -2.29. The van der Waals surface area contributed by atoms with Crippen molar-refractivity contribution in [1.29, 1.82) is 0 Å². The van der Waals surface area contributed by atoms with Crippen LogP contribution in [-0.2, 0) is 6.54 Å². The summed E-state index contributed by atoms with van der Waals surface area (Å²) in [7, 11) is 0. The van der Waals surface area contributed by atoms with E-state index in [1.54, 1.807) is 6.07 Å². The number of carboxylic acid groups (broad SMARTS) is 1. The lowest BCUT2D eigenvalue weighted by atomic mass is 9.87. The van der Waals surface area contributed by atoms with Gasteiger partial charge in [0.05, 0.1) is 11.8 Å². The third-order valence-electron chi connectivity index (χ3n) is 3.52. The van der Waals surface area contributed by atoms with Gasteiger partial charge in [0, 0.05) is 6.54 Å². The van der Waals surface area contributed by atoms with Gasteiger partial charge in [0.2, 0.25) is 0 Å². The smallest absolute Gasteiger partial charge is 0.354 e. The minimum atomic E-state index is -1.00. The molecule has 1 aliphatic carbocycles. The number of aliphatic hydroxyl groups is 1. The summed E-state index contributed by atoms with van der Waals surface area (Å²) in [5, 5.41) is 21.7. The Balaban J connectivity index is 1.79. The van der Waals surface area contributed by atoms with E-state index in [4.69, 9.17) is 5.11 Å². The van der Waals surface area contributed by atoms with Crippen molar-refractivity contribution in [3.63, 3.8) is 0 Å². The van der Waals surface area contributed by atoms with Crippen LogP contribution in [0.5, 0.6) is 0 Å². The molecule has 1 fully saturated rings. The molecule has 2 atom stereocenters. The van der Waals surface area contributed by atoms with Gasteiger partial charge in [-0.25, -0.2) is 9.78 Å². The summed E-state index contributed by atoms with van der Waals surface area (Å²) in [6.07, 6.45) is 3.84. The molecule has 0 saturated heterocycles. The van der Waals surface area contributed by atoms with Crippen LogP contribution in [0.2, 0.25) is 0 Å². The molecule has 5 nitrogen and oxygen atoms in total. The van der Waals surface area contributed by atoms with Gasteiger partial charge >= 0.3 is 5.97 Å². The van der Waals surface area contributed by atoms with Crippen molar-refractivity contribution in [3.8, 4) is 0 Å². The molecule has 1 saturated carbocycles. The SMILES string of the molecule is O=C(O)c1cccc(CNCC2CCCC(O)C2)n1. The Morgan fingerprint density at radius 3 is 3.00 bits per heavy atom. The van der Waals surface area contributed by atoms with E-state index in [0.717, 1.165) is 37.9 Å². The Morgan fingerprint density at radius 2 is 2.26 bits per heavy atom. The standard InChI is InChI=1S/C14H20N2O3/c17-12-5-1-3-10(7-12)8-15-9-11-4-2-6-13(16-11)14(18)19/h2,4,6,10,12,15,17H,1,3,5,7-9H2,(H,18,19). The van der Waals surface area contributed by atoms with Gasteiger partial charge in [-0.1, -0.05) is 12.5 Å². The predicted octanol–water partition coefficient (Wildman–Crippen LogP) is 1.42. The lowest BCUT2D eigenvalue weighted by Gasteiger charge is -2.25. The van der Waals surface area contributed by atoms with E-state index in [0.29, 0.717) is 12.5 Å². The number of nitrogens with zero attached hydrogens (tertiary/aromatic N) is 1. The first-order valence-corrected chi connectivity index (χ1v) is 6.73. The van der Waals surface area contributed by atoms with Crippen LogP contribution >= 0.6 is 0 Å². The number of aromatic carboxylic acids is 1. The van der Waals surface area contributed by atoms with Gasteiger partial charge in [-0.2, -0.15) is 0 Å². The Morgan fingerprint density at radius 1 is 1.42 bits per heavy atom. The van der Waals surface area contributed by atoms with Crippen LogP contribution < -0.4 is 5.32 Å². The molecule has 0 amide bonds. The van der Waals surface area contributed by atoms with Crippen molar-refractivity contribution < 1.29 is 15.0 Å². The molecule has 1 heterocycles. The molecule has 104 valence electrons. The summed E-state index contributed by atoms with van der Waals surface area (Å²) in [6.45, 7) is 1.41. The molecule has 1 aliphatic rings. The number of carbonyl (C=O) groups is 1. The van der Waals surface area contributed by atoms with Gasteiger partial charge in [-0.05, 0) is 43.9 Å². The topological polar surface area (TPSA) is 82.5 Å². The van der Waals surface area contributed by atoms with E-state index in [1.165, 1.54) is 6.07 Å². The predicted molar refractivity (Wildman–Crippen MR) is 70.9 cm³/mol. The fourth-order valence-corrected chi connectivity index (χ4v) is 2.55. The minimum absolute atomic E-state index is 0.0763. The average Bonchev–Trinajstić information content (AvgIpc) is 2.39. The van der Waals surface area contributed by atoms with Gasteiger partial charge < -0.3 is 15.5 Å². The monoisotopic (exact) mass is 264 g/mol. The minimum Gasteiger partial charge on any atom is -0.477 e. The molecule has 0 aromatic carbocycles. The van der Waals surface area contributed by atoms with Gasteiger partial charge in [0.25, 0.3) is 0 Å². The van der Waals surface area contributed by atoms with E-state index in [9.17, 15) is 9.90 Å². The number of hydrogen-bond acceptors (Lipinski definition) is 4. The summed E-state index contributed by atoms with van der Waals surface area (Å²) >= 11 is 0. The first-order valence-electron chi connectivity index (χ1n) is 6.73. The molecule has 1 aromatic rings. The molecule has 0 spiro atoms. The van der Waals surface area contributed by atoms with E-state index in [-0.39, 0.29) is 11.8 Å². The Labute approximate surface area is 112 Å². The number of pyridine rings is 1. The van der Waals surface area contributed by atoms with Gasteiger partial charge in [0.1, 0.15) is 5.69 Å². The fourth-order valence-electron chi connectivity index (χ4n) is 2.55. The number of aromatic nitrogens is 1. The van der Waals surface area contributed by atoms with Crippen LogP contribution in [0.15, 0.2) is 18.2 Å². The first-order chi connectivity index (χ1) is 9.15. The highest BCUT2D eigenvalue weighted by Gasteiger charge is 2.19. The second kappa shape index (κ2) is 6.63. The van der Waals surface area contributed by atoms with Crippen molar-refractivity contribution in [2.45, 2.75) is 38.3 Å². The highest BCUT2D eigenvalue weighted by atomic mass is 16.4. The lowest BCUT2D eigenvalue weighted by molar-refractivity contribution is 0.0690. The summed E-state index contributed by atoms with van der Waals surface area (Å²) in [5.41, 5.74) is 0.809. The molecule has 1 aromatic heterocycles. The highest BCUT2D eigenvalue weighted by Crippen LogP contribution is 2.23. The molecule has 2 unspecified atom stereocenters. The molecular formula is C14H20N2O3. The normalized spacial score (nSPS) is 23.2. The maximum absolute atomic E-state index is 10.8. The third kappa shape index (κ3) is 4.29. The number of aliphatic hydroxyl groups excluding tert-OH is 1. The molecule has 3 N–H and O–H groups in total. The Hall–Kier alpha value is -1.46. The largest absolute Gasteiger partial charge is 0.477 e. The second-order valence-corrected chi connectivity index (χ2v) is 5.14.